The van der Waals surface area contributed by atoms with Crippen LogP contribution in [0.25, 0.3) is 0 Å². The van der Waals surface area contributed by atoms with E-state index in [9.17, 15) is 9.90 Å². The molecule has 2 atom stereocenters. The van der Waals surface area contributed by atoms with Gasteiger partial charge in [0.25, 0.3) is 0 Å². The summed E-state index contributed by atoms with van der Waals surface area (Å²) in [4.78, 5) is 18.2. The zero-order valence-electron chi connectivity index (χ0n) is 13.7. The number of aromatic nitrogens is 2. The van der Waals surface area contributed by atoms with Gasteiger partial charge in [-0.15, -0.1) is 0 Å². The van der Waals surface area contributed by atoms with E-state index < -0.39 is 6.10 Å². The molecule has 0 spiro atoms. The molecule has 24 heavy (non-hydrogen) atoms. The molecule has 0 radical (unpaired) electrons. The monoisotopic (exact) mass is 330 g/mol. The van der Waals surface area contributed by atoms with Crippen molar-refractivity contribution in [3.05, 3.63) is 47.6 Å². The Kier molecular flexibility index (Phi) is 5.10. The number of carbonyl (C=O) groups excluding carboxylic acids is 1. The van der Waals surface area contributed by atoms with Gasteiger partial charge in [0.2, 0.25) is 5.89 Å². The highest BCUT2D eigenvalue weighted by molar-refractivity contribution is 5.74. The number of urea groups is 1. The number of amides is 2. The number of nitrogens with zero attached hydrogens (tertiary/aromatic N) is 3. The SMILES string of the molecule is CC(NC(=O)N1CCCC(O)C1)c1nc(Cc2ccccc2)no1. The minimum absolute atomic E-state index is 0.218. The van der Waals surface area contributed by atoms with Crippen molar-refractivity contribution < 1.29 is 14.4 Å². The largest absolute Gasteiger partial charge is 0.391 e. The summed E-state index contributed by atoms with van der Waals surface area (Å²) in [6.45, 7) is 2.82. The van der Waals surface area contributed by atoms with Gasteiger partial charge in [-0.05, 0) is 25.3 Å². The quantitative estimate of drug-likeness (QED) is 0.893. The fraction of sp³-hybridized carbons (Fsp3) is 0.471. The van der Waals surface area contributed by atoms with E-state index in [0.717, 1.165) is 18.4 Å². The van der Waals surface area contributed by atoms with Gasteiger partial charge in [0, 0.05) is 19.5 Å². The van der Waals surface area contributed by atoms with Crippen molar-refractivity contribution in [2.24, 2.45) is 0 Å². The lowest BCUT2D eigenvalue weighted by Gasteiger charge is -2.30. The highest BCUT2D eigenvalue weighted by Crippen LogP contribution is 2.14. The van der Waals surface area contributed by atoms with Crippen molar-refractivity contribution in [3.63, 3.8) is 0 Å². The first-order valence-corrected chi connectivity index (χ1v) is 8.21. The lowest BCUT2D eigenvalue weighted by Crippen LogP contribution is -2.47. The van der Waals surface area contributed by atoms with Crippen molar-refractivity contribution in [1.82, 2.24) is 20.4 Å². The van der Waals surface area contributed by atoms with Gasteiger partial charge in [0.05, 0.1) is 6.10 Å². The van der Waals surface area contributed by atoms with Gasteiger partial charge >= 0.3 is 6.03 Å². The van der Waals surface area contributed by atoms with Gasteiger partial charge in [-0.3, -0.25) is 0 Å². The summed E-state index contributed by atoms with van der Waals surface area (Å²) < 4.78 is 5.26. The van der Waals surface area contributed by atoms with Crippen LogP contribution in [-0.4, -0.2) is 45.4 Å². The van der Waals surface area contributed by atoms with Crippen LogP contribution in [0.4, 0.5) is 4.79 Å². The number of piperidine rings is 1. The number of hydrogen-bond acceptors (Lipinski definition) is 5. The Balaban J connectivity index is 1.57. The highest BCUT2D eigenvalue weighted by Gasteiger charge is 2.24. The maximum Gasteiger partial charge on any atom is 0.318 e. The Hall–Kier alpha value is -2.41. The molecule has 2 N–H and O–H groups in total. The van der Waals surface area contributed by atoms with Gasteiger partial charge < -0.3 is 19.8 Å². The van der Waals surface area contributed by atoms with Crippen LogP contribution in [0.1, 0.15) is 43.1 Å². The third-order valence-corrected chi connectivity index (χ3v) is 4.08. The van der Waals surface area contributed by atoms with Crippen LogP contribution in [0, 0.1) is 0 Å². The number of β-amino-alcohol motifs (C(OH)–C–C–N with tert-alkyl or cyclic N) is 1. The normalized spacial score (nSPS) is 19.1. The van der Waals surface area contributed by atoms with Crippen molar-refractivity contribution in [3.8, 4) is 0 Å². The van der Waals surface area contributed by atoms with Crippen LogP contribution in [-0.2, 0) is 6.42 Å². The number of aliphatic hydroxyl groups is 1. The Morgan fingerprint density at radius 3 is 3.00 bits per heavy atom. The summed E-state index contributed by atoms with van der Waals surface area (Å²) in [7, 11) is 0. The maximum atomic E-state index is 12.2. The van der Waals surface area contributed by atoms with Crippen LogP contribution in [0.3, 0.4) is 0 Å². The fourth-order valence-electron chi connectivity index (χ4n) is 2.77. The molecule has 2 unspecified atom stereocenters. The Morgan fingerprint density at radius 1 is 1.46 bits per heavy atom. The average molecular weight is 330 g/mol. The van der Waals surface area contributed by atoms with Crippen molar-refractivity contribution in [1.29, 1.82) is 0 Å². The summed E-state index contributed by atoms with van der Waals surface area (Å²) in [5, 5.41) is 16.5. The molecule has 128 valence electrons. The van der Waals surface area contributed by atoms with Gasteiger partial charge in [-0.1, -0.05) is 35.5 Å². The molecular weight excluding hydrogens is 308 g/mol. The van der Waals surface area contributed by atoms with E-state index in [2.05, 4.69) is 15.5 Å². The molecule has 1 aromatic carbocycles. The van der Waals surface area contributed by atoms with Gasteiger partial charge in [0.1, 0.15) is 6.04 Å². The lowest BCUT2D eigenvalue weighted by atomic mass is 10.1. The minimum atomic E-state index is -0.444. The van der Waals surface area contributed by atoms with E-state index in [4.69, 9.17) is 4.52 Å². The first-order chi connectivity index (χ1) is 11.6. The third-order valence-electron chi connectivity index (χ3n) is 4.08. The Labute approximate surface area is 140 Å². The van der Waals surface area contributed by atoms with E-state index >= 15 is 0 Å². The van der Waals surface area contributed by atoms with Gasteiger partial charge in [-0.2, -0.15) is 4.98 Å². The molecule has 2 heterocycles. The number of carbonyl (C=O) groups is 1. The van der Waals surface area contributed by atoms with E-state index in [1.54, 1.807) is 11.8 Å². The van der Waals surface area contributed by atoms with Crippen LogP contribution < -0.4 is 5.32 Å². The Bertz CT molecular complexity index is 673. The predicted molar refractivity (Wildman–Crippen MR) is 87.3 cm³/mol. The number of benzene rings is 1. The zero-order chi connectivity index (χ0) is 16.9. The van der Waals surface area contributed by atoms with Crippen molar-refractivity contribution in [2.45, 2.75) is 38.3 Å². The molecule has 1 saturated heterocycles. The molecule has 0 saturated carbocycles. The molecule has 0 aliphatic carbocycles. The average Bonchev–Trinajstić information content (AvgIpc) is 3.04. The molecule has 1 fully saturated rings. The second-order valence-electron chi connectivity index (χ2n) is 6.12. The van der Waals surface area contributed by atoms with E-state index in [1.165, 1.54) is 0 Å². The minimum Gasteiger partial charge on any atom is -0.391 e. The smallest absolute Gasteiger partial charge is 0.318 e. The Morgan fingerprint density at radius 2 is 2.25 bits per heavy atom. The van der Waals surface area contributed by atoms with Gasteiger partial charge in [0.15, 0.2) is 5.82 Å². The summed E-state index contributed by atoms with van der Waals surface area (Å²) in [5.74, 6) is 0.970. The summed E-state index contributed by atoms with van der Waals surface area (Å²) >= 11 is 0. The number of nitrogens with one attached hydrogen (secondary N) is 1. The second kappa shape index (κ2) is 7.44. The zero-order valence-corrected chi connectivity index (χ0v) is 13.7. The van der Waals surface area contributed by atoms with Crippen LogP contribution in [0.2, 0.25) is 0 Å². The molecule has 2 aromatic rings. The fourth-order valence-corrected chi connectivity index (χ4v) is 2.77. The van der Waals surface area contributed by atoms with E-state index in [1.807, 2.05) is 30.3 Å². The predicted octanol–water partition coefficient (Wildman–Crippen LogP) is 1.89. The number of hydrogen-bond donors (Lipinski definition) is 2. The maximum absolute atomic E-state index is 12.2. The first-order valence-electron chi connectivity index (χ1n) is 8.21. The summed E-state index contributed by atoms with van der Waals surface area (Å²) in [5.41, 5.74) is 1.10. The molecule has 3 rings (SSSR count). The topological polar surface area (TPSA) is 91.5 Å². The molecule has 7 nitrogen and oxygen atoms in total. The molecule has 0 bridgehead atoms. The molecule has 7 heteroatoms. The number of aliphatic hydroxyl groups excluding tert-OH is 1. The second-order valence-corrected chi connectivity index (χ2v) is 6.12. The number of likely N-dealkylation sites (tertiary alicyclic amines) is 1. The lowest BCUT2D eigenvalue weighted by molar-refractivity contribution is 0.0831. The summed E-state index contributed by atoms with van der Waals surface area (Å²) in [6, 6.07) is 9.29. The van der Waals surface area contributed by atoms with Crippen molar-refractivity contribution in [2.75, 3.05) is 13.1 Å². The number of rotatable bonds is 4. The van der Waals surface area contributed by atoms with Crippen LogP contribution in [0.5, 0.6) is 0 Å². The molecule has 1 aliphatic heterocycles. The van der Waals surface area contributed by atoms with Crippen LogP contribution in [0.15, 0.2) is 34.9 Å². The van der Waals surface area contributed by atoms with E-state index in [0.29, 0.717) is 31.2 Å². The molecule has 1 aliphatic rings. The highest BCUT2D eigenvalue weighted by atomic mass is 16.5. The first kappa shape index (κ1) is 16.4. The van der Waals surface area contributed by atoms with Crippen molar-refractivity contribution >= 4 is 6.03 Å². The molecular formula is C17H22N4O3. The van der Waals surface area contributed by atoms with E-state index in [-0.39, 0.29) is 12.1 Å². The third kappa shape index (κ3) is 4.11. The van der Waals surface area contributed by atoms with Crippen LogP contribution >= 0.6 is 0 Å². The summed E-state index contributed by atoms with van der Waals surface area (Å²) in [6.07, 6.45) is 1.69. The molecule has 2 amide bonds. The van der Waals surface area contributed by atoms with Gasteiger partial charge in [-0.25, -0.2) is 4.79 Å². The standard InChI is InChI=1S/C17H22N4O3/c1-12(18-17(23)21-9-5-8-14(22)11-21)16-19-15(20-24-16)10-13-6-3-2-4-7-13/h2-4,6-7,12,14,22H,5,8-11H2,1H3,(H,18,23). The molecule has 1 aromatic heterocycles.